The average molecular weight is 183 g/mol. The normalized spacial score (nSPS) is 13.6. The first-order valence-electron chi connectivity index (χ1n) is 4.61. The SMILES string of the molecule is CC(C)CC(O)Cc1cn(C)nn1. The maximum atomic E-state index is 9.61. The minimum atomic E-state index is -0.295. The molecule has 0 spiro atoms. The molecule has 1 rings (SSSR count). The van der Waals surface area contributed by atoms with Crippen LogP contribution in [0, 0.1) is 5.92 Å². The van der Waals surface area contributed by atoms with Gasteiger partial charge in [-0.25, -0.2) is 0 Å². The van der Waals surface area contributed by atoms with E-state index in [1.54, 1.807) is 4.68 Å². The van der Waals surface area contributed by atoms with Crippen LogP contribution in [0.3, 0.4) is 0 Å². The molecule has 0 saturated carbocycles. The van der Waals surface area contributed by atoms with Crippen LogP contribution < -0.4 is 0 Å². The molecule has 0 aliphatic heterocycles. The van der Waals surface area contributed by atoms with Gasteiger partial charge in [-0.05, 0) is 12.3 Å². The third-order valence-electron chi connectivity index (χ3n) is 1.84. The number of aliphatic hydroxyl groups excluding tert-OH is 1. The minimum absolute atomic E-state index is 0.295. The van der Waals surface area contributed by atoms with Gasteiger partial charge in [-0.3, -0.25) is 4.68 Å². The molecular formula is C9H17N3O. The predicted molar refractivity (Wildman–Crippen MR) is 50.2 cm³/mol. The van der Waals surface area contributed by atoms with Gasteiger partial charge < -0.3 is 5.11 Å². The zero-order valence-corrected chi connectivity index (χ0v) is 8.44. The average Bonchev–Trinajstić information content (AvgIpc) is 2.33. The van der Waals surface area contributed by atoms with Gasteiger partial charge in [-0.15, -0.1) is 5.10 Å². The van der Waals surface area contributed by atoms with Crippen LogP contribution >= 0.6 is 0 Å². The maximum absolute atomic E-state index is 9.61. The molecule has 0 saturated heterocycles. The number of aryl methyl sites for hydroxylation is 1. The Morgan fingerprint density at radius 3 is 2.69 bits per heavy atom. The molecule has 13 heavy (non-hydrogen) atoms. The third kappa shape index (κ3) is 3.55. The second-order valence-electron chi connectivity index (χ2n) is 3.87. The molecule has 1 atom stereocenters. The fourth-order valence-electron chi connectivity index (χ4n) is 1.36. The van der Waals surface area contributed by atoms with Gasteiger partial charge in [-0.2, -0.15) is 0 Å². The molecule has 4 heteroatoms. The molecule has 1 N–H and O–H groups in total. The van der Waals surface area contributed by atoms with Crippen LogP contribution in [0.2, 0.25) is 0 Å². The summed E-state index contributed by atoms with van der Waals surface area (Å²) in [5, 5.41) is 17.3. The Balaban J connectivity index is 2.40. The van der Waals surface area contributed by atoms with Crippen molar-refractivity contribution in [3.63, 3.8) is 0 Å². The van der Waals surface area contributed by atoms with E-state index >= 15 is 0 Å². The Labute approximate surface area is 78.6 Å². The zero-order valence-electron chi connectivity index (χ0n) is 8.44. The van der Waals surface area contributed by atoms with E-state index in [1.807, 2.05) is 13.2 Å². The van der Waals surface area contributed by atoms with E-state index in [2.05, 4.69) is 24.2 Å². The number of aliphatic hydroxyl groups is 1. The Kier molecular flexibility index (Phi) is 3.42. The summed E-state index contributed by atoms with van der Waals surface area (Å²) in [7, 11) is 1.82. The molecule has 1 aromatic rings. The van der Waals surface area contributed by atoms with Crippen LogP contribution in [0.5, 0.6) is 0 Å². The lowest BCUT2D eigenvalue weighted by molar-refractivity contribution is 0.148. The topological polar surface area (TPSA) is 50.9 Å². The van der Waals surface area contributed by atoms with Gasteiger partial charge >= 0.3 is 0 Å². The lowest BCUT2D eigenvalue weighted by Crippen LogP contribution is -2.13. The van der Waals surface area contributed by atoms with Crippen molar-refractivity contribution in [3.05, 3.63) is 11.9 Å². The summed E-state index contributed by atoms with van der Waals surface area (Å²) in [4.78, 5) is 0. The van der Waals surface area contributed by atoms with E-state index in [0.717, 1.165) is 12.1 Å². The molecular weight excluding hydrogens is 166 g/mol. The van der Waals surface area contributed by atoms with Crippen LogP contribution in [0.15, 0.2) is 6.20 Å². The van der Waals surface area contributed by atoms with Crippen molar-refractivity contribution >= 4 is 0 Å². The first kappa shape index (κ1) is 10.2. The number of nitrogens with zero attached hydrogens (tertiary/aromatic N) is 3. The van der Waals surface area contributed by atoms with E-state index in [0.29, 0.717) is 12.3 Å². The Morgan fingerprint density at radius 1 is 1.54 bits per heavy atom. The van der Waals surface area contributed by atoms with Crippen molar-refractivity contribution in [1.29, 1.82) is 0 Å². The van der Waals surface area contributed by atoms with Crippen molar-refractivity contribution in [2.75, 3.05) is 0 Å². The number of hydrogen-bond acceptors (Lipinski definition) is 3. The molecule has 1 aromatic heterocycles. The van der Waals surface area contributed by atoms with Gasteiger partial charge in [-0.1, -0.05) is 19.1 Å². The number of aromatic nitrogens is 3. The lowest BCUT2D eigenvalue weighted by Gasteiger charge is -2.10. The lowest BCUT2D eigenvalue weighted by atomic mass is 10.0. The summed E-state index contributed by atoms with van der Waals surface area (Å²) in [5.74, 6) is 0.520. The van der Waals surface area contributed by atoms with Crippen molar-refractivity contribution in [2.45, 2.75) is 32.8 Å². The highest BCUT2D eigenvalue weighted by molar-refractivity contribution is 4.93. The summed E-state index contributed by atoms with van der Waals surface area (Å²) in [5.41, 5.74) is 0.857. The van der Waals surface area contributed by atoms with E-state index in [9.17, 15) is 5.11 Å². The summed E-state index contributed by atoms with van der Waals surface area (Å²) in [6, 6.07) is 0. The standard InChI is InChI=1S/C9H17N3O/c1-7(2)4-9(13)5-8-6-12(3)11-10-8/h6-7,9,13H,4-5H2,1-3H3. The number of rotatable bonds is 4. The van der Waals surface area contributed by atoms with Gasteiger partial charge in [0, 0.05) is 19.7 Å². The van der Waals surface area contributed by atoms with Gasteiger partial charge in [0.15, 0.2) is 0 Å². The molecule has 4 nitrogen and oxygen atoms in total. The molecule has 0 fully saturated rings. The van der Waals surface area contributed by atoms with Gasteiger partial charge in [0.05, 0.1) is 11.8 Å². The molecule has 1 heterocycles. The van der Waals surface area contributed by atoms with Crippen molar-refractivity contribution in [2.24, 2.45) is 13.0 Å². The second kappa shape index (κ2) is 4.37. The molecule has 1 unspecified atom stereocenters. The Morgan fingerprint density at radius 2 is 2.23 bits per heavy atom. The van der Waals surface area contributed by atoms with Crippen molar-refractivity contribution in [1.82, 2.24) is 15.0 Å². The molecule has 0 bridgehead atoms. The maximum Gasteiger partial charge on any atom is 0.0852 e. The fraction of sp³-hybridized carbons (Fsp3) is 0.778. The predicted octanol–water partition coefficient (Wildman–Crippen LogP) is 0.765. The highest BCUT2D eigenvalue weighted by Gasteiger charge is 2.09. The summed E-state index contributed by atoms with van der Waals surface area (Å²) in [6.45, 7) is 4.19. The van der Waals surface area contributed by atoms with Crippen LogP contribution in [0.1, 0.15) is 26.0 Å². The van der Waals surface area contributed by atoms with Crippen LogP contribution in [0.25, 0.3) is 0 Å². The summed E-state index contributed by atoms with van der Waals surface area (Å²) >= 11 is 0. The largest absolute Gasteiger partial charge is 0.393 e. The van der Waals surface area contributed by atoms with Gasteiger partial charge in [0.1, 0.15) is 0 Å². The molecule has 74 valence electrons. The zero-order chi connectivity index (χ0) is 9.84. The van der Waals surface area contributed by atoms with Crippen LogP contribution in [-0.2, 0) is 13.5 Å². The Bertz CT molecular complexity index is 257. The molecule has 0 aliphatic carbocycles. The van der Waals surface area contributed by atoms with Crippen molar-refractivity contribution in [3.8, 4) is 0 Å². The minimum Gasteiger partial charge on any atom is -0.393 e. The second-order valence-corrected chi connectivity index (χ2v) is 3.87. The number of hydrogen-bond donors (Lipinski definition) is 1. The third-order valence-corrected chi connectivity index (χ3v) is 1.84. The van der Waals surface area contributed by atoms with E-state index in [-0.39, 0.29) is 6.10 Å². The van der Waals surface area contributed by atoms with E-state index < -0.39 is 0 Å². The molecule has 0 radical (unpaired) electrons. The van der Waals surface area contributed by atoms with Gasteiger partial charge in [0.25, 0.3) is 0 Å². The smallest absolute Gasteiger partial charge is 0.0852 e. The van der Waals surface area contributed by atoms with Crippen LogP contribution in [0.4, 0.5) is 0 Å². The van der Waals surface area contributed by atoms with Gasteiger partial charge in [0.2, 0.25) is 0 Å². The van der Waals surface area contributed by atoms with Crippen LogP contribution in [-0.4, -0.2) is 26.2 Å². The fourth-order valence-corrected chi connectivity index (χ4v) is 1.36. The Hall–Kier alpha value is -0.900. The molecule has 0 aromatic carbocycles. The monoisotopic (exact) mass is 183 g/mol. The van der Waals surface area contributed by atoms with Crippen molar-refractivity contribution < 1.29 is 5.11 Å². The summed E-state index contributed by atoms with van der Waals surface area (Å²) in [6.07, 6.45) is 2.96. The van der Waals surface area contributed by atoms with E-state index in [4.69, 9.17) is 0 Å². The first-order valence-corrected chi connectivity index (χ1v) is 4.61. The highest BCUT2D eigenvalue weighted by atomic mass is 16.3. The first-order chi connectivity index (χ1) is 6.08. The highest BCUT2D eigenvalue weighted by Crippen LogP contribution is 2.08. The molecule has 0 amide bonds. The van der Waals surface area contributed by atoms with E-state index in [1.165, 1.54) is 0 Å². The summed E-state index contributed by atoms with van der Waals surface area (Å²) < 4.78 is 1.65. The quantitative estimate of drug-likeness (QED) is 0.750. The molecule has 0 aliphatic rings.